The first kappa shape index (κ1) is 16.7. The molecular formula is C18H16N6O3. The summed E-state index contributed by atoms with van der Waals surface area (Å²) in [6.07, 6.45) is 9.01. The number of hydrogen-bond acceptors (Lipinski definition) is 7. The van der Waals surface area contributed by atoms with Gasteiger partial charge < -0.3 is 14.3 Å². The van der Waals surface area contributed by atoms with Crippen LogP contribution >= 0.6 is 0 Å². The maximum absolute atomic E-state index is 12.1. The Morgan fingerprint density at radius 3 is 3.04 bits per heavy atom. The average Bonchev–Trinajstić information content (AvgIpc) is 3.46. The van der Waals surface area contributed by atoms with E-state index in [-0.39, 0.29) is 12.3 Å². The smallest absolute Gasteiger partial charge is 0.238 e. The van der Waals surface area contributed by atoms with E-state index < -0.39 is 0 Å². The molecule has 4 rings (SSSR count). The van der Waals surface area contributed by atoms with E-state index >= 15 is 0 Å². The molecule has 0 spiro atoms. The number of carbonyl (C=O) groups excluding carboxylic acids is 1. The first-order chi connectivity index (χ1) is 13.3. The molecule has 0 saturated heterocycles. The van der Waals surface area contributed by atoms with Crippen LogP contribution in [0, 0.1) is 0 Å². The van der Waals surface area contributed by atoms with Crippen molar-refractivity contribution in [3.63, 3.8) is 0 Å². The molecule has 0 aliphatic heterocycles. The molecule has 4 aromatic rings. The van der Waals surface area contributed by atoms with Crippen molar-refractivity contribution in [3.05, 3.63) is 66.9 Å². The van der Waals surface area contributed by atoms with Gasteiger partial charge in [0, 0.05) is 38.0 Å². The minimum atomic E-state index is -0.103. The topological polar surface area (TPSA) is 112 Å². The third-order valence-electron chi connectivity index (χ3n) is 3.84. The highest BCUT2D eigenvalue weighted by atomic mass is 16.5. The number of furan rings is 1. The second-order valence-electron chi connectivity index (χ2n) is 5.76. The van der Waals surface area contributed by atoms with Crippen molar-refractivity contribution >= 4 is 5.91 Å². The molecule has 0 aromatic carbocycles. The number of aromatic nitrogens is 5. The van der Waals surface area contributed by atoms with Gasteiger partial charge in [-0.2, -0.15) is 4.98 Å². The maximum atomic E-state index is 12.1. The van der Waals surface area contributed by atoms with Gasteiger partial charge in [-0.25, -0.2) is 9.97 Å². The number of amides is 1. The van der Waals surface area contributed by atoms with Gasteiger partial charge in [0.15, 0.2) is 5.76 Å². The Kier molecular flexibility index (Phi) is 4.73. The van der Waals surface area contributed by atoms with Crippen LogP contribution in [-0.2, 0) is 17.8 Å². The molecule has 136 valence electrons. The molecule has 0 radical (unpaired) electrons. The molecule has 9 heteroatoms. The number of nitrogens with zero attached hydrogens (tertiary/aromatic N) is 5. The molecule has 4 heterocycles. The van der Waals surface area contributed by atoms with E-state index in [1.54, 1.807) is 35.4 Å². The van der Waals surface area contributed by atoms with Gasteiger partial charge in [0.2, 0.25) is 17.6 Å². The van der Waals surface area contributed by atoms with Crippen LogP contribution in [0.25, 0.3) is 17.4 Å². The summed E-state index contributed by atoms with van der Waals surface area (Å²) in [5.41, 5.74) is 0.944. The van der Waals surface area contributed by atoms with E-state index in [9.17, 15) is 4.79 Å². The third kappa shape index (κ3) is 4.09. The summed E-state index contributed by atoms with van der Waals surface area (Å²) in [5.74, 6) is 1.94. The van der Waals surface area contributed by atoms with Crippen LogP contribution in [0.1, 0.15) is 17.9 Å². The van der Waals surface area contributed by atoms with E-state index in [0.29, 0.717) is 30.4 Å². The molecule has 1 amide bonds. The first-order valence-corrected chi connectivity index (χ1v) is 8.34. The van der Waals surface area contributed by atoms with Crippen molar-refractivity contribution in [2.24, 2.45) is 0 Å². The largest absolute Gasteiger partial charge is 0.461 e. The zero-order valence-corrected chi connectivity index (χ0v) is 14.3. The highest BCUT2D eigenvalue weighted by Gasteiger charge is 2.12. The number of carbonyl (C=O) groups is 1. The molecule has 9 nitrogen and oxygen atoms in total. The number of nitrogens with one attached hydrogen (secondary N) is 1. The van der Waals surface area contributed by atoms with Crippen LogP contribution in [0.15, 0.2) is 64.4 Å². The zero-order chi connectivity index (χ0) is 18.5. The summed E-state index contributed by atoms with van der Waals surface area (Å²) in [5, 5.41) is 6.71. The lowest BCUT2D eigenvalue weighted by Gasteiger charge is -2.06. The second-order valence-corrected chi connectivity index (χ2v) is 5.76. The standard InChI is InChI=1S/C18H16N6O3/c25-16(3-4-17-22-18(23-27-17)14-2-1-9-26-14)21-11-13-5-6-20-15(10-13)24-8-7-19-12-24/h1-2,5-10,12H,3-4,11H2,(H,21,25). The molecule has 1 N–H and O–H groups in total. The predicted molar refractivity (Wildman–Crippen MR) is 93.5 cm³/mol. The fourth-order valence-electron chi connectivity index (χ4n) is 2.48. The highest BCUT2D eigenvalue weighted by molar-refractivity contribution is 5.76. The summed E-state index contributed by atoms with van der Waals surface area (Å²) in [7, 11) is 0. The van der Waals surface area contributed by atoms with Crippen LogP contribution in [0.5, 0.6) is 0 Å². The number of aryl methyl sites for hydroxylation is 1. The first-order valence-electron chi connectivity index (χ1n) is 8.34. The molecule has 0 unspecified atom stereocenters. The van der Waals surface area contributed by atoms with E-state index in [4.69, 9.17) is 8.94 Å². The van der Waals surface area contributed by atoms with Gasteiger partial charge in [-0.3, -0.25) is 9.36 Å². The minimum Gasteiger partial charge on any atom is -0.461 e. The number of rotatable bonds is 7. The van der Waals surface area contributed by atoms with Crippen molar-refractivity contribution in [2.45, 2.75) is 19.4 Å². The van der Waals surface area contributed by atoms with E-state index in [1.165, 1.54) is 6.26 Å². The molecule has 4 aromatic heterocycles. The van der Waals surface area contributed by atoms with E-state index in [0.717, 1.165) is 11.4 Å². The molecule has 0 aliphatic carbocycles. The van der Waals surface area contributed by atoms with Crippen LogP contribution in [0.4, 0.5) is 0 Å². The van der Waals surface area contributed by atoms with Gasteiger partial charge in [0.05, 0.1) is 6.26 Å². The van der Waals surface area contributed by atoms with Gasteiger partial charge in [0.25, 0.3) is 0 Å². The van der Waals surface area contributed by atoms with Gasteiger partial charge in [-0.05, 0) is 29.8 Å². The average molecular weight is 364 g/mol. The van der Waals surface area contributed by atoms with Crippen LogP contribution < -0.4 is 5.32 Å². The molecule has 0 saturated carbocycles. The minimum absolute atomic E-state index is 0.103. The lowest BCUT2D eigenvalue weighted by atomic mass is 10.2. The van der Waals surface area contributed by atoms with E-state index in [1.807, 2.05) is 18.3 Å². The van der Waals surface area contributed by atoms with Crippen LogP contribution in [0.2, 0.25) is 0 Å². The summed E-state index contributed by atoms with van der Waals surface area (Å²) in [4.78, 5) is 24.6. The van der Waals surface area contributed by atoms with Gasteiger partial charge in [0.1, 0.15) is 12.1 Å². The van der Waals surface area contributed by atoms with Gasteiger partial charge in [-0.1, -0.05) is 5.16 Å². The Morgan fingerprint density at radius 1 is 1.26 bits per heavy atom. The Labute approximate surface area is 154 Å². The van der Waals surface area contributed by atoms with Crippen LogP contribution in [-0.4, -0.2) is 30.6 Å². The normalized spacial score (nSPS) is 10.8. The molecule has 0 fully saturated rings. The quantitative estimate of drug-likeness (QED) is 0.535. The predicted octanol–water partition coefficient (Wildman–Crippen LogP) is 2.16. The number of pyridine rings is 1. The summed E-state index contributed by atoms with van der Waals surface area (Å²) in [6.45, 7) is 0.407. The Balaban J connectivity index is 1.28. The molecule has 0 bridgehead atoms. The van der Waals surface area contributed by atoms with Crippen molar-refractivity contribution in [2.75, 3.05) is 0 Å². The monoisotopic (exact) mass is 364 g/mol. The summed E-state index contributed by atoms with van der Waals surface area (Å²) < 4.78 is 12.2. The maximum Gasteiger partial charge on any atom is 0.238 e. The third-order valence-corrected chi connectivity index (χ3v) is 3.84. The Morgan fingerprint density at radius 2 is 2.22 bits per heavy atom. The van der Waals surface area contributed by atoms with Crippen molar-refractivity contribution < 1.29 is 13.7 Å². The lowest BCUT2D eigenvalue weighted by molar-refractivity contribution is -0.121. The van der Waals surface area contributed by atoms with Gasteiger partial charge >= 0.3 is 0 Å². The molecule has 27 heavy (non-hydrogen) atoms. The summed E-state index contributed by atoms with van der Waals surface area (Å²) in [6, 6.07) is 7.24. The van der Waals surface area contributed by atoms with E-state index in [2.05, 4.69) is 25.4 Å². The number of imidazole rings is 1. The fourth-order valence-corrected chi connectivity index (χ4v) is 2.48. The molecule has 0 atom stereocenters. The SMILES string of the molecule is O=C(CCc1nc(-c2ccco2)no1)NCc1ccnc(-n2ccnc2)c1. The molecule has 0 aliphatic rings. The zero-order valence-electron chi connectivity index (χ0n) is 14.3. The Hall–Kier alpha value is -3.75. The van der Waals surface area contributed by atoms with Gasteiger partial charge in [-0.15, -0.1) is 0 Å². The van der Waals surface area contributed by atoms with Crippen molar-refractivity contribution in [3.8, 4) is 17.4 Å². The van der Waals surface area contributed by atoms with Crippen LogP contribution in [0.3, 0.4) is 0 Å². The summed E-state index contributed by atoms with van der Waals surface area (Å²) >= 11 is 0. The highest BCUT2D eigenvalue weighted by Crippen LogP contribution is 2.16. The Bertz CT molecular complexity index is 1010. The number of hydrogen-bond donors (Lipinski definition) is 1. The second kappa shape index (κ2) is 7.65. The molecular weight excluding hydrogens is 348 g/mol. The fraction of sp³-hybridized carbons (Fsp3) is 0.167. The van der Waals surface area contributed by atoms with Crippen molar-refractivity contribution in [1.29, 1.82) is 0 Å². The van der Waals surface area contributed by atoms with Crippen molar-refractivity contribution in [1.82, 2.24) is 30.0 Å². The lowest BCUT2D eigenvalue weighted by Crippen LogP contribution is -2.23.